The summed E-state index contributed by atoms with van der Waals surface area (Å²) in [5.74, 6) is 1.74. The van der Waals surface area contributed by atoms with E-state index in [2.05, 4.69) is 30.4 Å². The summed E-state index contributed by atoms with van der Waals surface area (Å²) in [7, 11) is -0.562. The van der Waals surface area contributed by atoms with E-state index in [9.17, 15) is 4.21 Å². The lowest BCUT2D eigenvalue weighted by Crippen LogP contribution is -2.37. The van der Waals surface area contributed by atoms with Crippen molar-refractivity contribution in [2.75, 3.05) is 11.5 Å². The van der Waals surface area contributed by atoms with Crippen molar-refractivity contribution in [3.8, 4) is 0 Å². The molecule has 110 valence electrons. The first kappa shape index (κ1) is 14.3. The minimum Gasteiger partial charge on any atom is -0.307 e. The third-order valence-corrected chi connectivity index (χ3v) is 6.13. The number of aryl methyl sites for hydroxylation is 2. The van der Waals surface area contributed by atoms with E-state index >= 15 is 0 Å². The number of benzene rings is 1. The van der Waals surface area contributed by atoms with Gasteiger partial charge in [0.25, 0.3) is 0 Å². The minimum atomic E-state index is -0.562. The third-order valence-electron chi connectivity index (χ3n) is 4.75. The van der Waals surface area contributed by atoms with Crippen molar-refractivity contribution >= 4 is 10.8 Å². The molecule has 0 bridgehead atoms. The SMILES string of the molecule is CC(NC1CCS(=O)CC1)c1ccc2c(c1)CCCC2. The number of fused-ring (bicyclic) bond motifs is 1. The first-order chi connectivity index (χ1) is 9.72. The van der Waals surface area contributed by atoms with E-state index in [4.69, 9.17) is 0 Å². The smallest absolute Gasteiger partial charge is 0.0294 e. The Kier molecular flexibility index (Phi) is 4.57. The maximum absolute atomic E-state index is 11.4. The summed E-state index contributed by atoms with van der Waals surface area (Å²) in [5.41, 5.74) is 4.53. The Balaban J connectivity index is 1.64. The van der Waals surface area contributed by atoms with Crippen LogP contribution in [0.3, 0.4) is 0 Å². The topological polar surface area (TPSA) is 29.1 Å². The van der Waals surface area contributed by atoms with Gasteiger partial charge < -0.3 is 5.32 Å². The van der Waals surface area contributed by atoms with Gasteiger partial charge in [-0.3, -0.25) is 4.21 Å². The zero-order chi connectivity index (χ0) is 13.9. The molecule has 1 unspecified atom stereocenters. The van der Waals surface area contributed by atoms with Crippen LogP contribution < -0.4 is 5.32 Å². The van der Waals surface area contributed by atoms with Crippen LogP contribution in [0, 0.1) is 0 Å². The first-order valence-electron chi connectivity index (χ1n) is 7.95. The second-order valence-electron chi connectivity index (χ2n) is 6.25. The zero-order valence-corrected chi connectivity index (χ0v) is 13.2. The fraction of sp³-hybridized carbons (Fsp3) is 0.647. The molecule has 2 aliphatic rings. The highest BCUT2D eigenvalue weighted by Crippen LogP contribution is 2.25. The lowest BCUT2D eigenvalue weighted by molar-refractivity contribution is 0.426. The highest BCUT2D eigenvalue weighted by molar-refractivity contribution is 7.85. The summed E-state index contributed by atoms with van der Waals surface area (Å²) in [6.07, 6.45) is 7.31. The fourth-order valence-electron chi connectivity index (χ4n) is 3.43. The standard InChI is InChI=1S/C17H25NOS/c1-13(18-17-8-10-20(19)11-9-17)15-7-6-14-4-2-3-5-16(14)12-15/h6-7,12-13,17-18H,2-5,8-11H2,1H3. The van der Waals surface area contributed by atoms with Gasteiger partial charge in [-0.25, -0.2) is 0 Å². The molecule has 1 aliphatic carbocycles. The molecule has 1 aromatic carbocycles. The Bertz CT molecular complexity index is 490. The number of hydrogen-bond donors (Lipinski definition) is 1. The third kappa shape index (κ3) is 3.32. The number of nitrogens with one attached hydrogen (secondary N) is 1. The van der Waals surface area contributed by atoms with Gasteiger partial charge in [0.2, 0.25) is 0 Å². The number of rotatable bonds is 3. The molecule has 1 saturated heterocycles. The van der Waals surface area contributed by atoms with Gasteiger partial charge in [-0.1, -0.05) is 18.2 Å². The molecular formula is C17H25NOS. The predicted molar refractivity (Wildman–Crippen MR) is 85.5 cm³/mol. The second-order valence-corrected chi connectivity index (χ2v) is 7.94. The molecule has 3 rings (SSSR count). The predicted octanol–water partition coefficient (Wildman–Crippen LogP) is 3.13. The Labute approximate surface area is 124 Å². The van der Waals surface area contributed by atoms with Crippen LogP contribution in [0.2, 0.25) is 0 Å². The summed E-state index contributed by atoms with van der Waals surface area (Å²) in [5, 5.41) is 3.73. The van der Waals surface area contributed by atoms with Crippen molar-refractivity contribution in [1.29, 1.82) is 0 Å². The Morgan fingerprint density at radius 1 is 1.15 bits per heavy atom. The maximum atomic E-state index is 11.4. The molecule has 0 saturated carbocycles. The van der Waals surface area contributed by atoms with Crippen LogP contribution >= 0.6 is 0 Å². The Hall–Kier alpha value is -0.670. The van der Waals surface area contributed by atoms with Crippen molar-refractivity contribution < 1.29 is 4.21 Å². The molecule has 0 aromatic heterocycles. The zero-order valence-electron chi connectivity index (χ0n) is 12.4. The van der Waals surface area contributed by atoms with Crippen LogP contribution in [-0.4, -0.2) is 21.8 Å². The molecule has 20 heavy (non-hydrogen) atoms. The quantitative estimate of drug-likeness (QED) is 0.927. The normalized spacial score (nSPS) is 27.9. The van der Waals surface area contributed by atoms with E-state index < -0.39 is 10.8 Å². The molecule has 0 spiro atoms. The molecule has 0 amide bonds. The van der Waals surface area contributed by atoms with Crippen molar-refractivity contribution in [2.24, 2.45) is 0 Å². The summed E-state index contributed by atoms with van der Waals surface area (Å²) in [4.78, 5) is 0. The monoisotopic (exact) mass is 291 g/mol. The molecule has 1 N–H and O–H groups in total. The van der Waals surface area contributed by atoms with Gasteiger partial charge in [0.15, 0.2) is 0 Å². The Morgan fingerprint density at radius 3 is 2.60 bits per heavy atom. The van der Waals surface area contributed by atoms with Crippen LogP contribution in [0.25, 0.3) is 0 Å². The van der Waals surface area contributed by atoms with Gasteiger partial charge in [-0.15, -0.1) is 0 Å². The lowest BCUT2D eigenvalue weighted by Gasteiger charge is -2.27. The molecule has 1 atom stereocenters. The second kappa shape index (κ2) is 6.40. The van der Waals surface area contributed by atoms with Gasteiger partial charge >= 0.3 is 0 Å². The van der Waals surface area contributed by atoms with Crippen LogP contribution in [0.4, 0.5) is 0 Å². The van der Waals surface area contributed by atoms with E-state index in [0.29, 0.717) is 12.1 Å². The molecule has 1 aliphatic heterocycles. The average Bonchev–Trinajstić information content (AvgIpc) is 2.49. The molecule has 0 radical (unpaired) electrons. The molecule has 3 heteroatoms. The fourth-order valence-corrected chi connectivity index (χ4v) is 4.73. The van der Waals surface area contributed by atoms with Crippen molar-refractivity contribution in [1.82, 2.24) is 5.32 Å². The summed E-state index contributed by atoms with van der Waals surface area (Å²) in [6.45, 7) is 2.26. The first-order valence-corrected chi connectivity index (χ1v) is 9.44. The van der Waals surface area contributed by atoms with E-state index in [-0.39, 0.29) is 0 Å². The minimum absolute atomic E-state index is 0.402. The van der Waals surface area contributed by atoms with Crippen LogP contribution in [0.15, 0.2) is 18.2 Å². The van der Waals surface area contributed by atoms with E-state index in [0.717, 1.165) is 24.3 Å². The van der Waals surface area contributed by atoms with E-state index in [1.807, 2.05) is 0 Å². The van der Waals surface area contributed by atoms with Crippen molar-refractivity contribution in [3.05, 3.63) is 34.9 Å². The maximum Gasteiger partial charge on any atom is 0.0294 e. The van der Waals surface area contributed by atoms with Crippen LogP contribution in [0.5, 0.6) is 0 Å². The van der Waals surface area contributed by atoms with Crippen LogP contribution in [0.1, 0.15) is 55.3 Å². The molecule has 1 aromatic rings. The highest BCUT2D eigenvalue weighted by Gasteiger charge is 2.20. The van der Waals surface area contributed by atoms with Gasteiger partial charge in [-0.05, 0) is 62.1 Å². The van der Waals surface area contributed by atoms with Gasteiger partial charge in [0.05, 0.1) is 0 Å². The molecular weight excluding hydrogens is 266 g/mol. The average molecular weight is 291 g/mol. The van der Waals surface area contributed by atoms with Gasteiger partial charge in [-0.2, -0.15) is 0 Å². The highest BCUT2D eigenvalue weighted by atomic mass is 32.2. The summed E-state index contributed by atoms with van der Waals surface area (Å²) < 4.78 is 11.4. The molecule has 2 nitrogen and oxygen atoms in total. The largest absolute Gasteiger partial charge is 0.307 e. The summed E-state index contributed by atoms with van der Waals surface area (Å²) >= 11 is 0. The lowest BCUT2D eigenvalue weighted by atomic mass is 9.89. The van der Waals surface area contributed by atoms with Gasteiger partial charge in [0, 0.05) is 34.4 Å². The molecule has 1 fully saturated rings. The van der Waals surface area contributed by atoms with E-state index in [1.54, 1.807) is 11.1 Å². The van der Waals surface area contributed by atoms with Crippen molar-refractivity contribution in [3.63, 3.8) is 0 Å². The molecule has 1 heterocycles. The van der Waals surface area contributed by atoms with Crippen molar-refractivity contribution in [2.45, 2.75) is 57.5 Å². The Morgan fingerprint density at radius 2 is 1.85 bits per heavy atom. The van der Waals surface area contributed by atoms with E-state index in [1.165, 1.54) is 31.2 Å². The van der Waals surface area contributed by atoms with Crippen LogP contribution in [-0.2, 0) is 23.6 Å². The number of hydrogen-bond acceptors (Lipinski definition) is 2. The van der Waals surface area contributed by atoms with Gasteiger partial charge in [0.1, 0.15) is 0 Å². The summed E-state index contributed by atoms with van der Waals surface area (Å²) in [6, 6.07) is 7.98.